The van der Waals surface area contributed by atoms with E-state index in [1.165, 1.54) is 4.90 Å². The van der Waals surface area contributed by atoms with Crippen LogP contribution in [-0.2, 0) is 4.79 Å². The zero-order valence-corrected chi connectivity index (χ0v) is 10.7. The summed E-state index contributed by atoms with van der Waals surface area (Å²) in [6.45, 7) is 5.51. The molecular formula is C12H20N2O3. The Kier molecular flexibility index (Phi) is 6.11. The van der Waals surface area contributed by atoms with Crippen LogP contribution in [0, 0.1) is 24.2 Å². The molecule has 0 aliphatic carbocycles. The zero-order chi connectivity index (χ0) is 13.6. The van der Waals surface area contributed by atoms with Gasteiger partial charge in [0.05, 0.1) is 12.0 Å². The van der Waals surface area contributed by atoms with Gasteiger partial charge in [-0.25, -0.2) is 4.79 Å². The van der Waals surface area contributed by atoms with Gasteiger partial charge >= 0.3 is 12.0 Å². The Morgan fingerprint density at radius 2 is 1.94 bits per heavy atom. The number of carboxylic acids is 1. The van der Waals surface area contributed by atoms with Crippen molar-refractivity contribution in [1.29, 1.82) is 0 Å². The summed E-state index contributed by atoms with van der Waals surface area (Å²) < 4.78 is 0. The molecule has 0 aromatic carbocycles. The van der Waals surface area contributed by atoms with Crippen molar-refractivity contribution in [2.75, 3.05) is 13.6 Å². The minimum atomic E-state index is -0.929. The molecule has 0 radical (unpaired) electrons. The van der Waals surface area contributed by atoms with Crippen molar-refractivity contribution in [2.45, 2.75) is 26.8 Å². The fourth-order valence-electron chi connectivity index (χ4n) is 1.22. The number of rotatable bonds is 5. The van der Waals surface area contributed by atoms with E-state index in [1.807, 2.05) is 13.8 Å². The van der Waals surface area contributed by atoms with E-state index in [0.29, 0.717) is 0 Å². The fraction of sp³-hybridized carbons (Fsp3) is 0.667. The van der Waals surface area contributed by atoms with Crippen molar-refractivity contribution >= 4 is 12.0 Å². The number of carbonyl (C=O) groups excluding carboxylic acids is 1. The quantitative estimate of drug-likeness (QED) is 0.704. The standard InChI is InChI=1S/C12H20N2O3/c1-6-10(8(2)3)13-12(17)14(5)7-9(4)11(15)16/h1,8-10H,7H2,2-5H3,(H,13,17)(H,15,16). The molecule has 0 aliphatic heterocycles. The number of carbonyl (C=O) groups is 2. The Morgan fingerprint density at radius 1 is 1.41 bits per heavy atom. The minimum Gasteiger partial charge on any atom is -0.481 e. The van der Waals surface area contributed by atoms with Crippen molar-refractivity contribution in [2.24, 2.45) is 11.8 Å². The summed E-state index contributed by atoms with van der Waals surface area (Å²) in [4.78, 5) is 23.7. The molecule has 17 heavy (non-hydrogen) atoms. The van der Waals surface area contributed by atoms with Crippen molar-refractivity contribution in [1.82, 2.24) is 10.2 Å². The third-order valence-corrected chi connectivity index (χ3v) is 2.44. The van der Waals surface area contributed by atoms with Gasteiger partial charge in [0.25, 0.3) is 0 Å². The highest BCUT2D eigenvalue weighted by atomic mass is 16.4. The number of urea groups is 1. The van der Waals surface area contributed by atoms with E-state index in [4.69, 9.17) is 11.5 Å². The number of carboxylic acid groups (broad SMARTS) is 1. The first-order valence-electron chi connectivity index (χ1n) is 5.50. The number of amides is 2. The van der Waals surface area contributed by atoms with E-state index in [2.05, 4.69) is 11.2 Å². The van der Waals surface area contributed by atoms with Gasteiger partial charge in [0.1, 0.15) is 0 Å². The molecule has 2 amide bonds. The molecule has 0 aromatic rings. The second kappa shape index (κ2) is 6.79. The van der Waals surface area contributed by atoms with Gasteiger partial charge < -0.3 is 15.3 Å². The molecule has 0 saturated heterocycles. The molecule has 5 nitrogen and oxygen atoms in total. The van der Waals surface area contributed by atoms with Gasteiger partial charge in [0.15, 0.2) is 0 Å². The molecule has 0 aliphatic rings. The Balaban J connectivity index is 4.32. The SMILES string of the molecule is C#CC(NC(=O)N(C)CC(C)C(=O)O)C(C)C. The first-order chi connectivity index (χ1) is 7.79. The number of nitrogens with zero attached hydrogens (tertiary/aromatic N) is 1. The van der Waals surface area contributed by atoms with Gasteiger partial charge in [0.2, 0.25) is 0 Å². The molecule has 0 spiro atoms. The second-order valence-electron chi connectivity index (χ2n) is 4.46. The number of hydrogen-bond acceptors (Lipinski definition) is 2. The molecule has 2 atom stereocenters. The summed E-state index contributed by atoms with van der Waals surface area (Å²) in [5.41, 5.74) is 0. The maximum Gasteiger partial charge on any atom is 0.318 e. The van der Waals surface area contributed by atoms with Gasteiger partial charge in [-0.05, 0) is 5.92 Å². The monoisotopic (exact) mass is 240 g/mol. The molecule has 0 heterocycles. The van der Waals surface area contributed by atoms with Gasteiger partial charge in [-0.1, -0.05) is 26.7 Å². The topological polar surface area (TPSA) is 69.6 Å². The molecular weight excluding hydrogens is 220 g/mol. The lowest BCUT2D eigenvalue weighted by Gasteiger charge is -2.23. The van der Waals surface area contributed by atoms with Crippen LogP contribution in [0.2, 0.25) is 0 Å². The maximum atomic E-state index is 11.7. The summed E-state index contributed by atoms with van der Waals surface area (Å²) in [7, 11) is 1.54. The predicted molar refractivity (Wildman–Crippen MR) is 65.4 cm³/mol. The zero-order valence-electron chi connectivity index (χ0n) is 10.7. The lowest BCUT2D eigenvalue weighted by Crippen LogP contribution is -2.46. The Morgan fingerprint density at radius 3 is 2.29 bits per heavy atom. The average Bonchev–Trinajstić information content (AvgIpc) is 2.24. The Bertz CT molecular complexity index is 320. The summed E-state index contributed by atoms with van der Waals surface area (Å²) in [6.07, 6.45) is 5.29. The van der Waals surface area contributed by atoms with E-state index in [9.17, 15) is 9.59 Å². The van der Waals surface area contributed by atoms with Gasteiger partial charge in [-0.15, -0.1) is 6.42 Å². The van der Waals surface area contributed by atoms with Crippen LogP contribution in [0.5, 0.6) is 0 Å². The molecule has 5 heteroatoms. The first-order valence-corrected chi connectivity index (χ1v) is 5.50. The first kappa shape index (κ1) is 15.3. The van der Waals surface area contributed by atoms with Crippen LogP contribution in [0.1, 0.15) is 20.8 Å². The van der Waals surface area contributed by atoms with E-state index in [1.54, 1.807) is 14.0 Å². The fourth-order valence-corrected chi connectivity index (χ4v) is 1.22. The second-order valence-corrected chi connectivity index (χ2v) is 4.46. The van der Waals surface area contributed by atoms with Crippen LogP contribution in [0.3, 0.4) is 0 Å². The number of terminal acetylenes is 1. The van der Waals surface area contributed by atoms with Crippen LogP contribution in [0.15, 0.2) is 0 Å². The molecule has 2 unspecified atom stereocenters. The van der Waals surface area contributed by atoms with Gasteiger partial charge in [-0.3, -0.25) is 4.79 Å². The van der Waals surface area contributed by atoms with Crippen LogP contribution < -0.4 is 5.32 Å². The summed E-state index contributed by atoms with van der Waals surface area (Å²) >= 11 is 0. The van der Waals surface area contributed by atoms with E-state index in [0.717, 1.165) is 0 Å². The van der Waals surface area contributed by atoms with Crippen molar-refractivity contribution < 1.29 is 14.7 Å². The number of nitrogens with one attached hydrogen (secondary N) is 1. The number of aliphatic carboxylic acids is 1. The normalized spacial score (nSPS) is 13.6. The van der Waals surface area contributed by atoms with E-state index < -0.39 is 11.9 Å². The largest absolute Gasteiger partial charge is 0.481 e. The predicted octanol–water partition coefficient (Wildman–Crippen LogP) is 1.01. The molecule has 0 saturated carbocycles. The highest BCUT2D eigenvalue weighted by Crippen LogP contribution is 2.02. The highest BCUT2D eigenvalue weighted by Gasteiger charge is 2.20. The molecule has 0 fully saturated rings. The van der Waals surface area contributed by atoms with Crippen molar-refractivity contribution in [3.8, 4) is 12.3 Å². The Hall–Kier alpha value is -1.70. The molecule has 0 bridgehead atoms. The smallest absolute Gasteiger partial charge is 0.318 e. The van der Waals surface area contributed by atoms with Crippen LogP contribution in [0.25, 0.3) is 0 Å². The lowest BCUT2D eigenvalue weighted by molar-refractivity contribution is -0.141. The molecule has 0 rings (SSSR count). The number of hydrogen-bond donors (Lipinski definition) is 2. The average molecular weight is 240 g/mol. The van der Waals surface area contributed by atoms with E-state index in [-0.39, 0.29) is 24.5 Å². The molecule has 0 aromatic heterocycles. The maximum absolute atomic E-state index is 11.7. The third-order valence-electron chi connectivity index (χ3n) is 2.44. The van der Waals surface area contributed by atoms with Crippen LogP contribution in [-0.4, -0.2) is 41.6 Å². The van der Waals surface area contributed by atoms with Crippen LogP contribution >= 0.6 is 0 Å². The molecule has 2 N–H and O–H groups in total. The van der Waals surface area contributed by atoms with Gasteiger partial charge in [-0.2, -0.15) is 0 Å². The third kappa shape index (κ3) is 5.25. The summed E-state index contributed by atoms with van der Waals surface area (Å²) in [5.74, 6) is 1.09. The molecule has 96 valence electrons. The minimum absolute atomic E-state index is 0.134. The van der Waals surface area contributed by atoms with E-state index >= 15 is 0 Å². The van der Waals surface area contributed by atoms with Crippen molar-refractivity contribution in [3.63, 3.8) is 0 Å². The summed E-state index contributed by atoms with van der Waals surface area (Å²) in [5, 5.41) is 11.4. The van der Waals surface area contributed by atoms with Crippen LogP contribution in [0.4, 0.5) is 4.79 Å². The van der Waals surface area contributed by atoms with Gasteiger partial charge in [0, 0.05) is 13.6 Å². The Labute approximate surface area is 102 Å². The lowest BCUT2D eigenvalue weighted by atomic mass is 10.1. The van der Waals surface area contributed by atoms with Crippen molar-refractivity contribution in [3.05, 3.63) is 0 Å². The summed E-state index contributed by atoms with van der Waals surface area (Å²) in [6, 6.07) is -0.695. The highest BCUT2D eigenvalue weighted by molar-refractivity contribution is 5.76.